The van der Waals surface area contributed by atoms with Gasteiger partial charge in [0.25, 0.3) is 0 Å². The van der Waals surface area contributed by atoms with Gasteiger partial charge in [-0.3, -0.25) is 9.69 Å². The number of carbonyl (C=O) groups is 1. The van der Waals surface area contributed by atoms with Gasteiger partial charge in [-0.2, -0.15) is 13.2 Å². The third kappa shape index (κ3) is 2.52. The number of halogens is 4. The molecule has 1 unspecified atom stereocenters. The number of hydrogen-bond acceptors (Lipinski definition) is 2. The van der Waals surface area contributed by atoms with Crippen LogP contribution in [0.1, 0.15) is 12.1 Å². The normalized spacial score (nSPS) is 21.1. The number of alkyl halides is 4. The van der Waals surface area contributed by atoms with Crippen LogP contribution < -0.4 is 4.90 Å². The summed E-state index contributed by atoms with van der Waals surface area (Å²) >= 11 is 5.77. The fourth-order valence-corrected chi connectivity index (χ4v) is 1.89. The Morgan fingerprint density at radius 3 is 2.65 bits per heavy atom. The van der Waals surface area contributed by atoms with Crippen LogP contribution in [0.2, 0.25) is 0 Å². The number of aromatic nitrogens is 1. The van der Waals surface area contributed by atoms with Crippen LogP contribution in [0.3, 0.4) is 0 Å². The van der Waals surface area contributed by atoms with Gasteiger partial charge in [0.1, 0.15) is 11.5 Å². The highest BCUT2D eigenvalue weighted by Crippen LogP contribution is 2.30. The third-order valence-electron chi connectivity index (χ3n) is 2.38. The largest absolute Gasteiger partial charge is 0.433 e. The first-order valence-electron chi connectivity index (χ1n) is 4.86. The Kier molecular flexibility index (Phi) is 2.99. The molecule has 1 amide bonds. The molecule has 2 heterocycles. The molecule has 0 bridgehead atoms. The van der Waals surface area contributed by atoms with E-state index in [0.29, 0.717) is 0 Å². The molecule has 1 aromatic rings. The second-order valence-corrected chi connectivity index (χ2v) is 4.30. The number of carbonyl (C=O) groups excluding carboxylic acids is 1. The minimum atomic E-state index is -4.51. The van der Waals surface area contributed by atoms with Gasteiger partial charge in [-0.15, -0.1) is 11.6 Å². The van der Waals surface area contributed by atoms with E-state index in [1.165, 1.54) is 17.0 Å². The standard InChI is InChI=1S/C10H8ClF3N2O/c11-6-4-9(17)16(5-6)8-3-1-2-7(15-8)10(12,13)14/h1-3,6H,4-5H2. The molecule has 1 atom stereocenters. The number of amides is 1. The first kappa shape index (κ1) is 12.2. The molecule has 92 valence electrons. The summed E-state index contributed by atoms with van der Waals surface area (Å²) in [6, 6.07) is 3.45. The molecule has 0 radical (unpaired) electrons. The molecule has 7 heteroatoms. The summed E-state index contributed by atoms with van der Waals surface area (Å²) in [5.74, 6) is -0.315. The molecule has 0 saturated carbocycles. The molecule has 2 rings (SSSR count). The molecular weight excluding hydrogens is 257 g/mol. The summed E-state index contributed by atoms with van der Waals surface area (Å²) in [5, 5.41) is -0.376. The lowest BCUT2D eigenvalue weighted by Crippen LogP contribution is -2.26. The van der Waals surface area contributed by atoms with Crippen molar-refractivity contribution in [3.8, 4) is 0 Å². The number of nitrogens with zero attached hydrogens (tertiary/aromatic N) is 2. The first-order valence-corrected chi connectivity index (χ1v) is 5.30. The molecular formula is C10H8ClF3N2O. The lowest BCUT2D eigenvalue weighted by Gasteiger charge is -2.16. The Morgan fingerprint density at radius 2 is 2.12 bits per heavy atom. The van der Waals surface area contributed by atoms with Crippen LogP contribution in [0.15, 0.2) is 18.2 Å². The van der Waals surface area contributed by atoms with E-state index in [-0.39, 0.29) is 30.1 Å². The van der Waals surface area contributed by atoms with Crippen molar-refractivity contribution in [1.29, 1.82) is 0 Å². The zero-order valence-electron chi connectivity index (χ0n) is 8.54. The predicted octanol–water partition coefficient (Wildman–Crippen LogP) is 2.44. The summed E-state index contributed by atoms with van der Waals surface area (Å²) in [4.78, 5) is 16.1. The van der Waals surface area contributed by atoms with E-state index in [9.17, 15) is 18.0 Å². The maximum atomic E-state index is 12.4. The van der Waals surface area contributed by atoms with Gasteiger partial charge < -0.3 is 0 Å². The van der Waals surface area contributed by atoms with Gasteiger partial charge in [0.2, 0.25) is 5.91 Å². The monoisotopic (exact) mass is 264 g/mol. The van der Waals surface area contributed by atoms with Crippen LogP contribution in [0.5, 0.6) is 0 Å². The highest BCUT2D eigenvalue weighted by atomic mass is 35.5. The molecule has 1 aliphatic heterocycles. The van der Waals surface area contributed by atoms with Gasteiger partial charge >= 0.3 is 6.18 Å². The van der Waals surface area contributed by atoms with Gasteiger partial charge in [-0.05, 0) is 12.1 Å². The maximum Gasteiger partial charge on any atom is 0.433 e. The number of rotatable bonds is 1. The summed E-state index contributed by atoms with van der Waals surface area (Å²) in [5.41, 5.74) is -1.01. The van der Waals surface area contributed by atoms with Crippen molar-refractivity contribution < 1.29 is 18.0 Å². The highest BCUT2D eigenvalue weighted by Gasteiger charge is 2.35. The van der Waals surface area contributed by atoms with Crippen LogP contribution in [0.25, 0.3) is 0 Å². The van der Waals surface area contributed by atoms with Crippen LogP contribution in [0.4, 0.5) is 19.0 Å². The molecule has 1 aromatic heterocycles. The fourth-order valence-electron chi connectivity index (χ4n) is 1.62. The molecule has 1 saturated heterocycles. The van der Waals surface area contributed by atoms with E-state index in [0.717, 1.165) is 6.07 Å². The topological polar surface area (TPSA) is 33.2 Å². The first-order chi connectivity index (χ1) is 7.88. The molecule has 1 fully saturated rings. The minimum Gasteiger partial charge on any atom is -0.295 e. The highest BCUT2D eigenvalue weighted by molar-refractivity contribution is 6.24. The van der Waals surface area contributed by atoms with Crippen LogP contribution in [0, 0.1) is 0 Å². The van der Waals surface area contributed by atoms with Crippen molar-refractivity contribution >= 4 is 23.3 Å². The summed E-state index contributed by atoms with van der Waals surface area (Å²) in [6.07, 6.45) is -4.39. The Hall–Kier alpha value is -1.30. The Labute approximate surface area is 100 Å². The number of hydrogen-bond donors (Lipinski definition) is 0. The zero-order chi connectivity index (χ0) is 12.6. The van der Waals surface area contributed by atoms with E-state index in [2.05, 4.69) is 4.98 Å². The maximum absolute atomic E-state index is 12.4. The quantitative estimate of drug-likeness (QED) is 0.730. The van der Waals surface area contributed by atoms with Crippen molar-refractivity contribution in [2.75, 3.05) is 11.4 Å². The Morgan fingerprint density at radius 1 is 1.41 bits per heavy atom. The average Bonchev–Trinajstić information content (AvgIpc) is 2.57. The number of pyridine rings is 1. The Balaban J connectivity index is 2.31. The van der Waals surface area contributed by atoms with E-state index >= 15 is 0 Å². The predicted molar refractivity (Wildman–Crippen MR) is 55.9 cm³/mol. The number of anilines is 1. The van der Waals surface area contributed by atoms with Crippen LogP contribution >= 0.6 is 11.6 Å². The average molecular weight is 265 g/mol. The molecule has 1 aliphatic rings. The molecule has 0 N–H and O–H groups in total. The van der Waals surface area contributed by atoms with Gasteiger partial charge in [0.15, 0.2) is 0 Å². The summed E-state index contributed by atoms with van der Waals surface area (Å²) < 4.78 is 37.3. The molecule has 0 aliphatic carbocycles. The van der Waals surface area contributed by atoms with Crippen LogP contribution in [-0.2, 0) is 11.0 Å². The van der Waals surface area contributed by atoms with Crippen molar-refractivity contribution in [3.05, 3.63) is 23.9 Å². The second-order valence-electron chi connectivity index (χ2n) is 3.68. The molecule has 17 heavy (non-hydrogen) atoms. The second kappa shape index (κ2) is 4.18. The lowest BCUT2D eigenvalue weighted by atomic mass is 10.3. The fraction of sp³-hybridized carbons (Fsp3) is 0.400. The van der Waals surface area contributed by atoms with Crippen LogP contribution in [-0.4, -0.2) is 22.8 Å². The smallest absolute Gasteiger partial charge is 0.295 e. The van der Waals surface area contributed by atoms with Gasteiger partial charge in [0, 0.05) is 13.0 Å². The van der Waals surface area contributed by atoms with Gasteiger partial charge in [-0.25, -0.2) is 4.98 Å². The van der Waals surface area contributed by atoms with E-state index in [4.69, 9.17) is 11.6 Å². The van der Waals surface area contributed by atoms with Gasteiger partial charge in [0.05, 0.1) is 5.38 Å². The summed E-state index contributed by atoms with van der Waals surface area (Å²) in [7, 11) is 0. The van der Waals surface area contributed by atoms with E-state index in [1.807, 2.05) is 0 Å². The molecule has 3 nitrogen and oxygen atoms in total. The Bertz CT molecular complexity index is 449. The van der Waals surface area contributed by atoms with Crippen molar-refractivity contribution in [2.24, 2.45) is 0 Å². The zero-order valence-corrected chi connectivity index (χ0v) is 9.29. The minimum absolute atomic E-state index is 0.00650. The SMILES string of the molecule is O=C1CC(Cl)CN1c1cccc(C(F)(F)F)n1. The van der Waals surface area contributed by atoms with E-state index in [1.54, 1.807) is 0 Å². The third-order valence-corrected chi connectivity index (χ3v) is 2.67. The van der Waals surface area contributed by atoms with Crippen molar-refractivity contribution in [2.45, 2.75) is 18.0 Å². The summed E-state index contributed by atoms with van der Waals surface area (Å²) in [6.45, 7) is 0.189. The van der Waals surface area contributed by atoms with E-state index < -0.39 is 11.9 Å². The van der Waals surface area contributed by atoms with Gasteiger partial charge in [-0.1, -0.05) is 6.07 Å². The molecule has 0 aromatic carbocycles. The lowest BCUT2D eigenvalue weighted by molar-refractivity contribution is -0.141. The molecule has 0 spiro atoms. The van der Waals surface area contributed by atoms with Crippen molar-refractivity contribution in [3.63, 3.8) is 0 Å². The van der Waals surface area contributed by atoms with Crippen molar-refractivity contribution in [1.82, 2.24) is 4.98 Å².